The Hall–Kier alpha value is -0.940. The third kappa shape index (κ3) is 2.78. The average Bonchev–Trinajstić information content (AvgIpc) is 2.51. The first kappa shape index (κ1) is 10.1. The Labute approximate surface area is 76.1 Å². The van der Waals surface area contributed by atoms with Crippen molar-refractivity contribution in [1.82, 2.24) is 5.32 Å². The minimum Gasteiger partial charge on any atom is -0.469 e. The van der Waals surface area contributed by atoms with Crippen molar-refractivity contribution in [2.24, 2.45) is 0 Å². The SMILES string of the molecule is COC(=O)CC(=O)[C@@H]1C[C@@H](O)CN1. The van der Waals surface area contributed by atoms with Gasteiger partial charge >= 0.3 is 5.97 Å². The first-order valence-corrected chi connectivity index (χ1v) is 4.14. The number of esters is 1. The van der Waals surface area contributed by atoms with E-state index in [1.807, 2.05) is 0 Å². The molecule has 1 fully saturated rings. The molecule has 0 aromatic heterocycles. The van der Waals surface area contributed by atoms with E-state index < -0.39 is 18.1 Å². The molecule has 0 bridgehead atoms. The molecule has 5 heteroatoms. The Balaban J connectivity index is 2.36. The van der Waals surface area contributed by atoms with Crippen molar-refractivity contribution in [3.8, 4) is 0 Å². The summed E-state index contributed by atoms with van der Waals surface area (Å²) in [7, 11) is 1.24. The second kappa shape index (κ2) is 4.34. The lowest BCUT2D eigenvalue weighted by Crippen LogP contribution is -2.32. The van der Waals surface area contributed by atoms with Crippen molar-refractivity contribution in [2.75, 3.05) is 13.7 Å². The zero-order chi connectivity index (χ0) is 9.84. The number of ether oxygens (including phenoxy) is 1. The number of methoxy groups -OCH3 is 1. The maximum atomic E-state index is 11.3. The smallest absolute Gasteiger partial charge is 0.313 e. The van der Waals surface area contributed by atoms with Crippen LogP contribution in [-0.4, -0.2) is 42.7 Å². The Morgan fingerprint density at radius 2 is 2.31 bits per heavy atom. The van der Waals surface area contributed by atoms with Gasteiger partial charge in [0.05, 0.1) is 19.3 Å². The highest BCUT2D eigenvalue weighted by molar-refractivity contribution is 5.98. The normalized spacial score (nSPS) is 27.2. The van der Waals surface area contributed by atoms with E-state index in [1.165, 1.54) is 7.11 Å². The Morgan fingerprint density at radius 1 is 1.62 bits per heavy atom. The van der Waals surface area contributed by atoms with E-state index in [1.54, 1.807) is 0 Å². The summed E-state index contributed by atoms with van der Waals surface area (Å²) in [6.45, 7) is 0.414. The summed E-state index contributed by atoms with van der Waals surface area (Å²) in [5, 5.41) is 11.9. The highest BCUT2D eigenvalue weighted by Gasteiger charge is 2.28. The number of aliphatic hydroxyl groups excluding tert-OH is 1. The molecule has 0 aliphatic carbocycles. The first-order chi connectivity index (χ1) is 6.13. The first-order valence-electron chi connectivity index (χ1n) is 4.14. The molecule has 1 rings (SSSR count). The minimum absolute atomic E-state index is 0.219. The number of hydrogen-bond acceptors (Lipinski definition) is 5. The number of rotatable bonds is 3. The maximum absolute atomic E-state index is 11.3. The third-order valence-electron chi connectivity index (χ3n) is 2.04. The van der Waals surface area contributed by atoms with Gasteiger partial charge in [-0.2, -0.15) is 0 Å². The summed E-state index contributed by atoms with van der Waals surface area (Å²) in [5.41, 5.74) is 0. The van der Waals surface area contributed by atoms with E-state index in [0.717, 1.165) is 0 Å². The second-order valence-electron chi connectivity index (χ2n) is 3.07. The molecule has 2 atom stereocenters. The number of carbonyl (C=O) groups excluding carboxylic acids is 2. The molecule has 1 heterocycles. The van der Waals surface area contributed by atoms with Crippen molar-refractivity contribution in [2.45, 2.75) is 25.0 Å². The molecule has 0 radical (unpaired) electrons. The fourth-order valence-corrected chi connectivity index (χ4v) is 1.30. The summed E-state index contributed by atoms with van der Waals surface area (Å²) in [5.74, 6) is -0.753. The average molecular weight is 187 g/mol. The maximum Gasteiger partial charge on any atom is 0.313 e. The molecule has 13 heavy (non-hydrogen) atoms. The third-order valence-corrected chi connectivity index (χ3v) is 2.04. The van der Waals surface area contributed by atoms with Gasteiger partial charge in [0.2, 0.25) is 0 Å². The topological polar surface area (TPSA) is 75.6 Å². The molecule has 0 unspecified atom stereocenters. The Bertz CT molecular complexity index is 216. The molecule has 1 aliphatic rings. The van der Waals surface area contributed by atoms with Crippen LogP contribution < -0.4 is 5.32 Å². The van der Waals surface area contributed by atoms with Crippen molar-refractivity contribution in [3.63, 3.8) is 0 Å². The standard InChI is InChI=1S/C8H13NO4/c1-13-8(12)3-7(11)6-2-5(10)4-9-6/h5-6,9-10H,2-4H2,1H3/t5-,6+/m1/s1. The number of nitrogens with one attached hydrogen (secondary N) is 1. The lowest BCUT2D eigenvalue weighted by molar-refractivity contribution is -0.143. The molecule has 0 amide bonds. The fourth-order valence-electron chi connectivity index (χ4n) is 1.30. The van der Waals surface area contributed by atoms with Crippen LogP contribution in [0.25, 0.3) is 0 Å². The summed E-state index contributed by atoms with van der Waals surface area (Å²) in [6, 6.07) is -0.394. The van der Waals surface area contributed by atoms with Crippen LogP contribution in [0.1, 0.15) is 12.8 Å². The molecular weight excluding hydrogens is 174 g/mol. The van der Waals surface area contributed by atoms with E-state index in [9.17, 15) is 9.59 Å². The van der Waals surface area contributed by atoms with E-state index in [-0.39, 0.29) is 12.2 Å². The van der Waals surface area contributed by atoms with Gasteiger partial charge in [-0.05, 0) is 6.42 Å². The summed E-state index contributed by atoms with van der Waals surface area (Å²) < 4.78 is 4.36. The second-order valence-corrected chi connectivity index (χ2v) is 3.07. The lowest BCUT2D eigenvalue weighted by Gasteiger charge is -2.06. The number of carbonyl (C=O) groups is 2. The summed E-state index contributed by atoms with van der Waals surface area (Å²) in [4.78, 5) is 22.0. The largest absolute Gasteiger partial charge is 0.469 e. The lowest BCUT2D eigenvalue weighted by atomic mass is 10.1. The van der Waals surface area contributed by atoms with Gasteiger partial charge in [0.25, 0.3) is 0 Å². The number of hydrogen-bond donors (Lipinski definition) is 2. The minimum atomic E-state index is -0.534. The summed E-state index contributed by atoms with van der Waals surface area (Å²) in [6.07, 6.45) is -0.317. The zero-order valence-electron chi connectivity index (χ0n) is 7.45. The molecular formula is C8H13NO4. The fraction of sp³-hybridized carbons (Fsp3) is 0.750. The van der Waals surface area contributed by atoms with Gasteiger partial charge in [0.1, 0.15) is 6.42 Å². The zero-order valence-corrected chi connectivity index (χ0v) is 7.45. The van der Waals surface area contributed by atoms with Crippen LogP contribution in [0.5, 0.6) is 0 Å². The van der Waals surface area contributed by atoms with E-state index >= 15 is 0 Å². The summed E-state index contributed by atoms with van der Waals surface area (Å²) >= 11 is 0. The van der Waals surface area contributed by atoms with Crippen molar-refractivity contribution in [3.05, 3.63) is 0 Å². The number of ketones is 1. The van der Waals surface area contributed by atoms with Gasteiger partial charge in [-0.3, -0.25) is 9.59 Å². The monoisotopic (exact) mass is 187 g/mol. The molecule has 5 nitrogen and oxygen atoms in total. The van der Waals surface area contributed by atoms with Gasteiger partial charge < -0.3 is 15.2 Å². The molecule has 1 saturated heterocycles. The van der Waals surface area contributed by atoms with E-state index in [4.69, 9.17) is 5.11 Å². The quantitative estimate of drug-likeness (QED) is 0.430. The number of β-amino-alcohol motifs (C(OH)–C–C–N with tert-alkyl or cyclic N) is 1. The number of aliphatic hydroxyl groups is 1. The van der Waals surface area contributed by atoms with Crippen LogP contribution in [0.2, 0.25) is 0 Å². The Kier molecular flexibility index (Phi) is 3.39. The van der Waals surface area contributed by atoms with Gasteiger partial charge in [0.15, 0.2) is 5.78 Å². The predicted octanol–water partition coefficient (Wildman–Crippen LogP) is -1.16. The van der Waals surface area contributed by atoms with Crippen LogP contribution in [0.15, 0.2) is 0 Å². The van der Waals surface area contributed by atoms with Gasteiger partial charge in [-0.15, -0.1) is 0 Å². The van der Waals surface area contributed by atoms with E-state index in [0.29, 0.717) is 13.0 Å². The van der Waals surface area contributed by atoms with Gasteiger partial charge in [-0.25, -0.2) is 0 Å². The molecule has 1 aliphatic heterocycles. The van der Waals surface area contributed by atoms with Crippen LogP contribution in [0.4, 0.5) is 0 Å². The van der Waals surface area contributed by atoms with E-state index in [2.05, 4.69) is 10.1 Å². The Morgan fingerprint density at radius 3 is 2.77 bits per heavy atom. The van der Waals surface area contributed by atoms with Crippen molar-refractivity contribution >= 4 is 11.8 Å². The molecule has 0 aromatic carbocycles. The van der Waals surface area contributed by atoms with Crippen LogP contribution in [0, 0.1) is 0 Å². The van der Waals surface area contributed by atoms with Crippen LogP contribution >= 0.6 is 0 Å². The van der Waals surface area contributed by atoms with Gasteiger partial charge in [-0.1, -0.05) is 0 Å². The van der Waals surface area contributed by atoms with Crippen LogP contribution in [-0.2, 0) is 14.3 Å². The highest BCUT2D eigenvalue weighted by Crippen LogP contribution is 2.08. The number of Topliss-reactive ketones (excluding diaryl/α,β-unsaturated/α-hetero) is 1. The molecule has 74 valence electrons. The molecule has 2 N–H and O–H groups in total. The van der Waals surface area contributed by atoms with Crippen molar-refractivity contribution < 1.29 is 19.4 Å². The van der Waals surface area contributed by atoms with Crippen molar-refractivity contribution in [1.29, 1.82) is 0 Å². The molecule has 0 saturated carbocycles. The molecule has 0 spiro atoms. The highest BCUT2D eigenvalue weighted by atomic mass is 16.5. The predicted molar refractivity (Wildman–Crippen MR) is 44.1 cm³/mol. The molecule has 0 aromatic rings. The van der Waals surface area contributed by atoms with Crippen LogP contribution in [0.3, 0.4) is 0 Å². The van der Waals surface area contributed by atoms with Gasteiger partial charge in [0, 0.05) is 6.54 Å².